The van der Waals surface area contributed by atoms with Crippen LogP contribution in [0.4, 0.5) is 0 Å². The van der Waals surface area contributed by atoms with E-state index in [9.17, 15) is 13.2 Å². The Kier molecular flexibility index (Phi) is 5.95. The summed E-state index contributed by atoms with van der Waals surface area (Å²) >= 11 is 0. The van der Waals surface area contributed by atoms with Gasteiger partial charge in [-0.2, -0.15) is 0 Å². The number of carbonyl (C=O) groups is 1. The molecule has 1 atom stereocenters. The third-order valence-corrected chi connectivity index (χ3v) is 6.80. The molecular weight excluding hydrogens is 372 g/mol. The fraction of sp³-hybridized carbons (Fsp3) is 0.174. The van der Waals surface area contributed by atoms with Crippen LogP contribution in [0, 0.1) is 6.92 Å². The van der Waals surface area contributed by atoms with Crippen LogP contribution in [0.2, 0.25) is 0 Å². The molecule has 144 valence electrons. The summed E-state index contributed by atoms with van der Waals surface area (Å²) in [6.45, 7) is 1.90. The second-order valence-electron chi connectivity index (χ2n) is 6.61. The van der Waals surface area contributed by atoms with Crippen LogP contribution in [-0.2, 0) is 9.84 Å². The van der Waals surface area contributed by atoms with Gasteiger partial charge in [-0.05, 0) is 36.8 Å². The third-order valence-electron chi connectivity index (χ3n) is 4.68. The van der Waals surface area contributed by atoms with Gasteiger partial charge in [-0.25, -0.2) is 8.42 Å². The smallest absolute Gasteiger partial charge is 0.185 e. The maximum atomic E-state index is 13.4. The molecule has 0 unspecified atom stereocenters. The number of methoxy groups -OCH3 is 1. The van der Waals surface area contributed by atoms with E-state index < -0.39 is 15.1 Å². The highest BCUT2D eigenvalue weighted by Gasteiger charge is 2.31. The Morgan fingerprint density at radius 2 is 1.50 bits per heavy atom. The highest BCUT2D eigenvalue weighted by molar-refractivity contribution is 7.91. The first kappa shape index (κ1) is 19.8. The van der Waals surface area contributed by atoms with E-state index in [-0.39, 0.29) is 17.1 Å². The van der Waals surface area contributed by atoms with Crippen molar-refractivity contribution in [3.63, 3.8) is 0 Å². The molecule has 0 radical (unpaired) electrons. The van der Waals surface area contributed by atoms with E-state index in [0.717, 1.165) is 5.56 Å². The Morgan fingerprint density at radius 3 is 2.07 bits per heavy atom. The largest absolute Gasteiger partial charge is 0.497 e. The van der Waals surface area contributed by atoms with Crippen molar-refractivity contribution in [3.05, 3.63) is 95.6 Å². The molecule has 4 nitrogen and oxygen atoms in total. The minimum Gasteiger partial charge on any atom is -0.497 e. The van der Waals surface area contributed by atoms with Gasteiger partial charge in [0, 0.05) is 12.0 Å². The topological polar surface area (TPSA) is 60.4 Å². The molecule has 0 N–H and O–H groups in total. The average molecular weight is 394 g/mol. The molecule has 0 amide bonds. The van der Waals surface area contributed by atoms with E-state index in [0.29, 0.717) is 16.9 Å². The van der Waals surface area contributed by atoms with Crippen LogP contribution in [0.15, 0.2) is 83.8 Å². The number of rotatable bonds is 7. The van der Waals surface area contributed by atoms with Crippen LogP contribution in [0.25, 0.3) is 0 Å². The minimum atomic E-state index is -3.76. The number of Topliss-reactive ketones (excluding diaryl/α,β-unsaturated/α-hetero) is 1. The molecule has 0 aliphatic rings. The molecule has 5 heteroatoms. The summed E-state index contributed by atoms with van der Waals surface area (Å²) in [4.78, 5) is 13.0. The first-order valence-electron chi connectivity index (χ1n) is 8.94. The normalized spacial score (nSPS) is 12.4. The van der Waals surface area contributed by atoms with Gasteiger partial charge < -0.3 is 4.74 Å². The maximum absolute atomic E-state index is 13.4. The quantitative estimate of drug-likeness (QED) is 0.541. The standard InChI is InChI=1S/C23H22O4S/c1-17-8-14-21(15-9-17)28(25,26)23(19-10-12-20(27-2)13-11-19)16-22(24)18-6-4-3-5-7-18/h3-15,23H,16H2,1-2H3/t23-/m1/s1. The summed E-state index contributed by atoms with van der Waals surface area (Å²) in [5.41, 5.74) is 2.03. The Morgan fingerprint density at radius 1 is 0.893 bits per heavy atom. The monoisotopic (exact) mass is 394 g/mol. The summed E-state index contributed by atoms with van der Waals surface area (Å²) in [5, 5.41) is -0.978. The number of aryl methyl sites for hydroxylation is 1. The van der Waals surface area contributed by atoms with Gasteiger partial charge in [0.15, 0.2) is 15.6 Å². The van der Waals surface area contributed by atoms with Gasteiger partial charge in [-0.15, -0.1) is 0 Å². The molecule has 0 aromatic heterocycles. The predicted octanol–water partition coefficient (Wildman–Crippen LogP) is 4.79. The van der Waals surface area contributed by atoms with Crippen molar-refractivity contribution in [2.45, 2.75) is 23.5 Å². The summed E-state index contributed by atoms with van der Waals surface area (Å²) in [7, 11) is -2.21. The van der Waals surface area contributed by atoms with Gasteiger partial charge in [0.25, 0.3) is 0 Å². The number of ketones is 1. The number of hydrogen-bond acceptors (Lipinski definition) is 4. The molecule has 0 aliphatic heterocycles. The molecule has 3 rings (SSSR count). The minimum absolute atomic E-state index is 0.132. The molecule has 0 bridgehead atoms. The number of carbonyl (C=O) groups excluding carboxylic acids is 1. The number of sulfone groups is 1. The van der Waals surface area contributed by atoms with Gasteiger partial charge in [-0.1, -0.05) is 60.2 Å². The Bertz CT molecular complexity index is 1040. The van der Waals surface area contributed by atoms with Crippen molar-refractivity contribution in [1.29, 1.82) is 0 Å². The lowest BCUT2D eigenvalue weighted by atomic mass is 10.0. The lowest BCUT2D eigenvalue weighted by Crippen LogP contribution is -2.18. The van der Waals surface area contributed by atoms with E-state index in [1.807, 2.05) is 13.0 Å². The summed E-state index contributed by atoms with van der Waals surface area (Å²) < 4.78 is 31.9. The molecule has 0 fully saturated rings. The van der Waals surface area contributed by atoms with Crippen molar-refractivity contribution >= 4 is 15.6 Å². The Balaban J connectivity index is 2.02. The molecule has 28 heavy (non-hydrogen) atoms. The second kappa shape index (κ2) is 8.40. The van der Waals surface area contributed by atoms with Gasteiger partial charge in [0.05, 0.1) is 17.3 Å². The lowest BCUT2D eigenvalue weighted by molar-refractivity contribution is 0.0980. The van der Waals surface area contributed by atoms with E-state index in [1.54, 1.807) is 79.9 Å². The van der Waals surface area contributed by atoms with Gasteiger partial charge in [0.1, 0.15) is 5.75 Å². The molecule has 0 saturated heterocycles. The Labute approximate surface area is 165 Å². The van der Waals surface area contributed by atoms with Crippen LogP contribution < -0.4 is 4.74 Å². The van der Waals surface area contributed by atoms with E-state index in [4.69, 9.17) is 4.74 Å². The van der Waals surface area contributed by atoms with Crippen LogP contribution in [0.1, 0.15) is 33.2 Å². The molecule has 0 aliphatic carbocycles. The molecule has 0 heterocycles. The van der Waals surface area contributed by atoms with Crippen LogP contribution in [-0.4, -0.2) is 21.3 Å². The number of ether oxygens (including phenoxy) is 1. The molecule has 3 aromatic carbocycles. The third kappa shape index (κ3) is 4.31. The van der Waals surface area contributed by atoms with Crippen LogP contribution in [0.5, 0.6) is 5.75 Å². The average Bonchev–Trinajstić information content (AvgIpc) is 2.73. The fourth-order valence-electron chi connectivity index (χ4n) is 3.03. The van der Waals surface area contributed by atoms with Crippen molar-refractivity contribution in [1.82, 2.24) is 0 Å². The van der Waals surface area contributed by atoms with Crippen molar-refractivity contribution < 1.29 is 17.9 Å². The highest BCUT2D eigenvalue weighted by atomic mass is 32.2. The fourth-order valence-corrected chi connectivity index (χ4v) is 4.76. The van der Waals surface area contributed by atoms with Gasteiger partial charge in [0.2, 0.25) is 0 Å². The lowest BCUT2D eigenvalue weighted by Gasteiger charge is -2.18. The molecule has 0 saturated carbocycles. The van der Waals surface area contributed by atoms with E-state index in [1.165, 1.54) is 0 Å². The SMILES string of the molecule is COc1ccc([C@@H](CC(=O)c2ccccc2)S(=O)(=O)c2ccc(C)cc2)cc1. The maximum Gasteiger partial charge on any atom is 0.185 e. The predicted molar refractivity (Wildman–Crippen MR) is 109 cm³/mol. The summed E-state index contributed by atoms with van der Waals surface area (Å²) in [5.74, 6) is 0.418. The zero-order chi connectivity index (χ0) is 20.1. The van der Waals surface area contributed by atoms with Crippen molar-refractivity contribution in [2.75, 3.05) is 7.11 Å². The number of hydrogen-bond donors (Lipinski definition) is 0. The van der Waals surface area contributed by atoms with Gasteiger partial charge >= 0.3 is 0 Å². The molecule has 0 spiro atoms. The molecule has 3 aromatic rings. The molecular formula is C23H22O4S. The van der Waals surface area contributed by atoms with Crippen molar-refractivity contribution in [2.24, 2.45) is 0 Å². The summed E-state index contributed by atoms with van der Waals surface area (Å²) in [6, 6.07) is 22.3. The zero-order valence-corrected chi connectivity index (χ0v) is 16.6. The number of benzene rings is 3. The van der Waals surface area contributed by atoms with Crippen LogP contribution >= 0.6 is 0 Å². The Hall–Kier alpha value is -2.92. The highest BCUT2D eigenvalue weighted by Crippen LogP contribution is 2.34. The zero-order valence-electron chi connectivity index (χ0n) is 15.8. The second-order valence-corrected chi connectivity index (χ2v) is 8.74. The van der Waals surface area contributed by atoms with E-state index in [2.05, 4.69) is 0 Å². The first-order valence-corrected chi connectivity index (χ1v) is 10.5. The van der Waals surface area contributed by atoms with Gasteiger partial charge in [-0.3, -0.25) is 4.79 Å². The van der Waals surface area contributed by atoms with E-state index >= 15 is 0 Å². The van der Waals surface area contributed by atoms with Crippen LogP contribution in [0.3, 0.4) is 0 Å². The van der Waals surface area contributed by atoms with Crippen molar-refractivity contribution in [3.8, 4) is 5.75 Å². The summed E-state index contributed by atoms with van der Waals surface area (Å²) in [6.07, 6.45) is -0.132. The first-order chi connectivity index (χ1) is 13.4.